The molecule has 0 spiro atoms. The van der Waals surface area contributed by atoms with E-state index in [9.17, 15) is 4.79 Å². The fourth-order valence-electron chi connectivity index (χ4n) is 1.34. The fourth-order valence-corrected chi connectivity index (χ4v) is 1.74. The lowest BCUT2D eigenvalue weighted by Gasteiger charge is -2.05. The van der Waals surface area contributed by atoms with E-state index in [2.05, 4.69) is 15.5 Å². The lowest BCUT2D eigenvalue weighted by atomic mass is 10.3. The molecule has 0 radical (unpaired) electrons. The van der Waals surface area contributed by atoms with Crippen molar-refractivity contribution in [1.29, 1.82) is 0 Å². The minimum Gasteiger partial charge on any atom is -0.476 e. The molecule has 0 saturated heterocycles. The smallest absolute Gasteiger partial charge is 0.356 e. The van der Waals surface area contributed by atoms with E-state index >= 15 is 0 Å². The van der Waals surface area contributed by atoms with E-state index in [1.165, 1.54) is 11.0 Å². The van der Waals surface area contributed by atoms with E-state index < -0.39 is 5.97 Å². The molecular weight excluding hydrogens is 250 g/mol. The Labute approximate surface area is 108 Å². The molecule has 0 aliphatic heterocycles. The van der Waals surface area contributed by atoms with Crippen molar-refractivity contribution in [1.82, 2.24) is 10.2 Å². The maximum absolute atomic E-state index is 10.6. The number of nitrogens with one attached hydrogen (secondary N) is 1. The molecule has 0 unspecified atom stereocenters. The van der Waals surface area contributed by atoms with Gasteiger partial charge in [-0.1, -0.05) is 0 Å². The zero-order valence-corrected chi connectivity index (χ0v) is 10.4. The van der Waals surface area contributed by atoms with Gasteiger partial charge in [0.25, 0.3) is 0 Å². The summed E-state index contributed by atoms with van der Waals surface area (Å²) in [7, 11) is 0. The third kappa shape index (κ3) is 2.98. The van der Waals surface area contributed by atoms with E-state index in [1.54, 1.807) is 17.8 Å². The highest BCUT2D eigenvalue weighted by atomic mass is 32.2. The first-order valence-corrected chi connectivity index (χ1v) is 6.39. The van der Waals surface area contributed by atoms with Gasteiger partial charge in [-0.2, -0.15) is 0 Å². The Morgan fingerprint density at radius 1 is 1.17 bits per heavy atom. The lowest BCUT2D eigenvalue weighted by Crippen LogP contribution is -2.03. The van der Waals surface area contributed by atoms with Gasteiger partial charge in [0.05, 0.1) is 0 Å². The Morgan fingerprint density at radius 3 is 2.39 bits per heavy atom. The van der Waals surface area contributed by atoms with Crippen molar-refractivity contribution >= 4 is 29.2 Å². The lowest BCUT2D eigenvalue weighted by molar-refractivity contribution is 0.0689. The SMILES string of the molecule is CSc1ccc(Nc2ccc(C(=O)O)nn2)cc1. The monoisotopic (exact) mass is 261 g/mol. The van der Waals surface area contributed by atoms with Gasteiger partial charge in [-0.3, -0.25) is 0 Å². The number of nitrogens with zero attached hydrogens (tertiary/aromatic N) is 2. The number of aromatic carboxylic acids is 1. The van der Waals surface area contributed by atoms with E-state index in [0.717, 1.165) is 5.69 Å². The number of hydrogen-bond acceptors (Lipinski definition) is 5. The van der Waals surface area contributed by atoms with Gasteiger partial charge in [-0.15, -0.1) is 22.0 Å². The molecule has 0 atom stereocenters. The standard InChI is InChI=1S/C12H11N3O2S/c1-18-9-4-2-8(3-5-9)13-11-7-6-10(12(16)17)14-15-11/h2-7H,1H3,(H,13,15)(H,16,17). The Kier molecular flexibility index (Phi) is 3.78. The van der Waals surface area contributed by atoms with Crippen molar-refractivity contribution in [2.45, 2.75) is 4.90 Å². The summed E-state index contributed by atoms with van der Waals surface area (Å²) in [6.07, 6.45) is 2.01. The van der Waals surface area contributed by atoms with Gasteiger partial charge in [0.15, 0.2) is 11.5 Å². The number of thioether (sulfide) groups is 1. The van der Waals surface area contributed by atoms with Gasteiger partial charge in [0, 0.05) is 10.6 Å². The number of rotatable bonds is 4. The summed E-state index contributed by atoms with van der Waals surface area (Å²) in [4.78, 5) is 11.8. The molecule has 0 fully saturated rings. The zero-order valence-electron chi connectivity index (χ0n) is 9.62. The maximum Gasteiger partial charge on any atom is 0.356 e. The predicted molar refractivity (Wildman–Crippen MR) is 70.5 cm³/mol. The van der Waals surface area contributed by atoms with Crippen LogP contribution >= 0.6 is 11.8 Å². The minimum atomic E-state index is -1.08. The summed E-state index contributed by atoms with van der Waals surface area (Å²) in [5.41, 5.74) is 0.809. The van der Waals surface area contributed by atoms with Gasteiger partial charge < -0.3 is 10.4 Å². The normalized spacial score (nSPS) is 10.1. The molecule has 1 aromatic heterocycles. The van der Waals surface area contributed by atoms with Crippen molar-refractivity contribution < 1.29 is 9.90 Å². The van der Waals surface area contributed by atoms with E-state index in [-0.39, 0.29) is 5.69 Å². The van der Waals surface area contributed by atoms with Crippen LogP contribution in [0.15, 0.2) is 41.3 Å². The number of carboxylic acid groups (broad SMARTS) is 1. The van der Waals surface area contributed by atoms with Crippen LogP contribution in [0.4, 0.5) is 11.5 Å². The molecule has 5 nitrogen and oxygen atoms in total. The molecule has 6 heteroatoms. The molecule has 1 heterocycles. The van der Waals surface area contributed by atoms with Crippen LogP contribution in [-0.2, 0) is 0 Å². The summed E-state index contributed by atoms with van der Waals surface area (Å²) >= 11 is 1.67. The highest BCUT2D eigenvalue weighted by Gasteiger charge is 2.04. The van der Waals surface area contributed by atoms with Crippen molar-refractivity contribution in [2.24, 2.45) is 0 Å². The molecule has 0 bridgehead atoms. The van der Waals surface area contributed by atoms with Crippen molar-refractivity contribution in [3.05, 3.63) is 42.1 Å². The van der Waals surface area contributed by atoms with Gasteiger partial charge in [0.1, 0.15) is 0 Å². The average Bonchev–Trinajstić information content (AvgIpc) is 2.40. The van der Waals surface area contributed by atoms with Crippen LogP contribution in [0.25, 0.3) is 0 Å². The number of anilines is 2. The molecule has 0 aliphatic carbocycles. The second kappa shape index (κ2) is 5.50. The molecule has 18 heavy (non-hydrogen) atoms. The van der Waals surface area contributed by atoms with Crippen LogP contribution in [0, 0.1) is 0 Å². The summed E-state index contributed by atoms with van der Waals surface area (Å²) in [5.74, 6) is -0.574. The number of benzene rings is 1. The Hall–Kier alpha value is -2.08. The molecule has 2 N–H and O–H groups in total. The van der Waals surface area contributed by atoms with Crippen LogP contribution in [0.1, 0.15) is 10.5 Å². The third-order valence-corrected chi connectivity index (χ3v) is 2.99. The van der Waals surface area contributed by atoms with Crippen molar-refractivity contribution in [2.75, 3.05) is 11.6 Å². The molecule has 0 saturated carbocycles. The molecule has 0 aliphatic rings. The molecular formula is C12H11N3O2S. The quantitative estimate of drug-likeness (QED) is 0.824. The van der Waals surface area contributed by atoms with Crippen LogP contribution in [0.5, 0.6) is 0 Å². The Morgan fingerprint density at radius 2 is 1.89 bits per heavy atom. The largest absolute Gasteiger partial charge is 0.476 e. The van der Waals surface area contributed by atoms with Gasteiger partial charge in [-0.25, -0.2) is 4.79 Å². The van der Waals surface area contributed by atoms with Crippen LogP contribution in [0.3, 0.4) is 0 Å². The number of hydrogen-bond donors (Lipinski definition) is 2. The summed E-state index contributed by atoms with van der Waals surface area (Å²) < 4.78 is 0. The van der Waals surface area contributed by atoms with Gasteiger partial charge in [-0.05, 0) is 42.7 Å². The summed E-state index contributed by atoms with van der Waals surface area (Å²) in [5, 5.41) is 19.1. The highest BCUT2D eigenvalue weighted by molar-refractivity contribution is 7.98. The first-order chi connectivity index (χ1) is 8.69. The summed E-state index contributed by atoms with van der Waals surface area (Å²) in [6.45, 7) is 0. The van der Waals surface area contributed by atoms with Gasteiger partial charge >= 0.3 is 5.97 Å². The molecule has 2 aromatic rings. The Balaban J connectivity index is 2.10. The van der Waals surface area contributed by atoms with Crippen molar-refractivity contribution in [3.63, 3.8) is 0 Å². The third-order valence-electron chi connectivity index (χ3n) is 2.25. The minimum absolute atomic E-state index is 0.0710. The number of carboxylic acids is 1. The molecule has 2 rings (SSSR count). The average molecular weight is 261 g/mol. The summed E-state index contributed by atoms with van der Waals surface area (Å²) in [6, 6.07) is 10.8. The highest BCUT2D eigenvalue weighted by Crippen LogP contribution is 2.19. The first-order valence-electron chi connectivity index (χ1n) is 5.17. The second-order valence-electron chi connectivity index (χ2n) is 3.46. The molecule has 1 aromatic carbocycles. The topological polar surface area (TPSA) is 75.1 Å². The number of carbonyl (C=O) groups is 1. The van der Waals surface area contributed by atoms with Crippen LogP contribution in [-0.4, -0.2) is 27.5 Å². The number of aromatic nitrogens is 2. The fraction of sp³-hybridized carbons (Fsp3) is 0.0833. The van der Waals surface area contributed by atoms with Crippen LogP contribution in [0.2, 0.25) is 0 Å². The predicted octanol–water partition coefficient (Wildman–Crippen LogP) is 2.64. The Bertz CT molecular complexity index is 540. The molecule has 92 valence electrons. The first kappa shape index (κ1) is 12.4. The molecule has 0 amide bonds. The zero-order chi connectivity index (χ0) is 13.0. The van der Waals surface area contributed by atoms with E-state index in [4.69, 9.17) is 5.11 Å². The maximum atomic E-state index is 10.6. The van der Waals surface area contributed by atoms with E-state index in [1.807, 2.05) is 30.5 Å². The van der Waals surface area contributed by atoms with E-state index in [0.29, 0.717) is 5.82 Å². The van der Waals surface area contributed by atoms with Crippen LogP contribution < -0.4 is 5.32 Å². The van der Waals surface area contributed by atoms with Gasteiger partial charge in [0.2, 0.25) is 0 Å². The second-order valence-corrected chi connectivity index (χ2v) is 4.34. The van der Waals surface area contributed by atoms with Crippen molar-refractivity contribution in [3.8, 4) is 0 Å².